The largest absolute Gasteiger partial charge is 0.322 e. The molecule has 1 heterocycles. The Bertz CT molecular complexity index is 696. The molecule has 1 fully saturated rings. The van der Waals surface area contributed by atoms with Crippen LogP contribution in [0.25, 0.3) is 0 Å². The van der Waals surface area contributed by atoms with Gasteiger partial charge in [0.15, 0.2) is 0 Å². The molecule has 112 valence electrons. The fourth-order valence-electron chi connectivity index (χ4n) is 2.45. The summed E-state index contributed by atoms with van der Waals surface area (Å²) in [5, 5.41) is 2.86. The van der Waals surface area contributed by atoms with Gasteiger partial charge in [-0.25, -0.2) is 0 Å². The van der Waals surface area contributed by atoms with Crippen LogP contribution in [0.1, 0.15) is 23.2 Å². The Morgan fingerprint density at radius 1 is 1.05 bits per heavy atom. The first-order valence-electron chi connectivity index (χ1n) is 7.11. The lowest BCUT2D eigenvalue weighted by Crippen LogP contribution is -2.23. The Morgan fingerprint density at radius 2 is 1.73 bits per heavy atom. The number of carbonyl (C=O) groups is 2. The van der Waals surface area contributed by atoms with Crippen molar-refractivity contribution >= 4 is 45.8 Å². The van der Waals surface area contributed by atoms with Crippen LogP contribution >= 0.6 is 22.6 Å². The molecule has 0 atom stereocenters. The Hall–Kier alpha value is -1.89. The van der Waals surface area contributed by atoms with Gasteiger partial charge in [0.1, 0.15) is 0 Å². The van der Waals surface area contributed by atoms with Crippen LogP contribution in [-0.2, 0) is 4.79 Å². The molecule has 0 bridgehead atoms. The van der Waals surface area contributed by atoms with Crippen molar-refractivity contribution in [3.05, 3.63) is 57.7 Å². The fourth-order valence-corrected chi connectivity index (χ4v) is 2.81. The maximum Gasteiger partial charge on any atom is 0.255 e. The van der Waals surface area contributed by atoms with Crippen molar-refractivity contribution in [1.82, 2.24) is 0 Å². The highest BCUT2D eigenvalue weighted by Crippen LogP contribution is 2.23. The van der Waals surface area contributed by atoms with E-state index in [0.717, 1.165) is 27.9 Å². The quantitative estimate of drug-likeness (QED) is 0.791. The van der Waals surface area contributed by atoms with Gasteiger partial charge in [0.2, 0.25) is 5.91 Å². The molecule has 1 N–H and O–H groups in total. The van der Waals surface area contributed by atoms with Crippen LogP contribution in [0, 0.1) is 3.57 Å². The van der Waals surface area contributed by atoms with E-state index in [1.165, 1.54) is 0 Å². The fraction of sp³-hybridized carbons (Fsp3) is 0.176. The summed E-state index contributed by atoms with van der Waals surface area (Å²) in [6, 6.07) is 14.8. The maximum atomic E-state index is 12.1. The minimum Gasteiger partial charge on any atom is -0.322 e. The van der Waals surface area contributed by atoms with Gasteiger partial charge in [-0.05, 0) is 77.5 Å². The van der Waals surface area contributed by atoms with Crippen molar-refractivity contribution in [2.45, 2.75) is 12.8 Å². The lowest BCUT2D eigenvalue weighted by Gasteiger charge is -2.16. The number of hydrogen-bond acceptors (Lipinski definition) is 2. The third kappa shape index (κ3) is 3.30. The van der Waals surface area contributed by atoms with Gasteiger partial charge in [-0.1, -0.05) is 0 Å². The highest BCUT2D eigenvalue weighted by atomic mass is 127. The van der Waals surface area contributed by atoms with Crippen molar-refractivity contribution in [2.75, 3.05) is 16.8 Å². The molecule has 3 rings (SSSR count). The first-order valence-corrected chi connectivity index (χ1v) is 8.19. The second kappa shape index (κ2) is 6.48. The molecule has 2 amide bonds. The predicted octanol–water partition coefficient (Wildman–Crippen LogP) is 3.67. The van der Waals surface area contributed by atoms with Crippen LogP contribution in [0.5, 0.6) is 0 Å². The van der Waals surface area contributed by atoms with Crippen LogP contribution < -0.4 is 10.2 Å². The molecular formula is C17H15IN2O2. The second-order valence-corrected chi connectivity index (χ2v) is 6.40. The van der Waals surface area contributed by atoms with E-state index in [1.54, 1.807) is 17.0 Å². The second-order valence-electron chi connectivity index (χ2n) is 5.16. The monoisotopic (exact) mass is 406 g/mol. The highest BCUT2D eigenvalue weighted by Gasteiger charge is 2.21. The van der Waals surface area contributed by atoms with Gasteiger partial charge < -0.3 is 10.2 Å². The zero-order valence-corrected chi connectivity index (χ0v) is 14.0. The molecule has 5 heteroatoms. The number of rotatable bonds is 3. The molecule has 22 heavy (non-hydrogen) atoms. The summed E-state index contributed by atoms with van der Waals surface area (Å²) in [4.78, 5) is 25.6. The number of carbonyl (C=O) groups excluding carboxylic acids is 2. The van der Waals surface area contributed by atoms with E-state index in [2.05, 4.69) is 27.9 Å². The Labute approximate surface area is 142 Å². The average molecular weight is 406 g/mol. The van der Waals surface area contributed by atoms with E-state index in [9.17, 15) is 9.59 Å². The van der Waals surface area contributed by atoms with Crippen molar-refractivity contribution in [1.29, 1.82) is 0 Å². The molecule has 0 unspecified atom stereocenters. The van der Waals surface area contributed by atoms with Crippen molar-refractivity contribution in [3.8, 4) is 0 Å². The first kappa shape index (κ1) is 15.0. The van der Waals surface area contributed by atoms with Gasteiger partial charge in [0.05, 0.1) is 0 Å². The highest BCUT2D eigenvalue weighted by molar-refractivity contribution is 14.1. The van der Waals surface area contributed by atoms with Gasteiger partial charge in [-0.3, -0.25) is 9.59 Å². The number of nitrogens with one attached hydrogen (secondary N) is 1. The molecule has 0 aliphatic carbocycles. The predicted molar refractivity (Wildman–Crippen MR) is 95.1 cm³/mol. The zero-order chi connectivity index (χ0) is 15.5. The molecule has 0 radical (unpaired) electrons. The summed E-state index contributed by atoms with van der Waals surface area (Å²) in [7, 11) is 0. The van der Waals surface area contributed by atoms with Crippen LogP contribution in [0.4, 0.5) is 11.4 Å². The van der Waals surface area contributed by atoms with E-state index in [1.807, 2.05) is 36.4 Å². The summed E-state index contributed by atoms with van der Waals surface area (Å²) in [6.45, 7) is 0.771. The SMILES string of the molecule is O=C(Nc1ccc(N2CCCC2=O)cc1)c1ccc(I)cc1. The molecular weight excluding hydrogens is 391 g/mol. The number of anilines is 2. The van der Waals surface area contributed by atoms with E-state index < -0.39 is 0 Å². The molecule has 1 aliphatic heterocycles. The summed E-state index contributed by atoms with van der Waals surface area (Å²) in [5.41, 5.74) is 2.23. The normalized spacial score (nSPS) is 14.2. The van der Waals surface area contributed by atoms with E-state index in [4.69, 9.17) is 0 Å². The Balaban J connectivity index is 1.69. The summed E-state index contributed by atoms with van der Waals surface area (Å²) in [6.07, 6.45) is 1.52. The van der Waals surface area contributed by atoms with Crippen molar-refractivity contribution in [2.24, 2.45) is 0 Å². The Kier molecular flexibility index (Phi) is 4.42. The van der Waals surface area contributed by atoms with E-state index in [0.29, 0.717) is 12.0 Å². The van der Waals surface area contributed by atoms with Gasteiger partial charge in [-0.2, -0.15) is 0 Å². The molecule has 2 aromatic carbocycles. The average Bonchev–Trinajstić information content (AvgIpc) is 2.95. The number of benzene rings is 2. The maximum absolute atomic E-state index is 12.1. The van der Waals surface area contributed by atoms with Gasteiger partial charge in [-0.15, -0.1) is 0 Å². The number of amides is 2. The molecule has 1 aliphatic rings. The van der Waals surface area contributed by atoms with Crippen molar-refractivity contribution in [3.63, 3.8) is 0 Å². The molecule has 0 aromatic heterocycles. The van der Waals surface area contributed by atoms with Gasteiger partial charge in [0.25, 0.3) is 5.91 Å². The molecule has 1 saturated heterocycles. The van der Waals surface area contributed by atoms with Crippen LogP contribution in [0.15, 0.2) is 48.5 Å². The topological polar surface area (TPSA) is 49.4 Å². The third-order valence-corrected chi connectivity index (χ3v) is 4.34. The molecule has 2 aromatic rings. The first-order chi connectivity index (χ1) is 10.6. The number of halogens is 1. The minimum absolute atomic E-state index is 0.138. The lowest BCUT2D eigenvalue weighted by atomic mass is 10.2. The summed E-state index contributed by atoms with van der Waals surface area (Å²) >= 11 is 2.20. The zero-order valence-electron chi connectivity index (χ0n) is 11.9. The van der Waals surface area contributed by atoms with Gasteiger partial charge >= 0.3 is 0 Å². The van der Waals surface area contributed by atoms with Crippen LogP contribution in [0.3, 0.4) is 0 Å². The summed E-state index contributed by atoms with van der Waals surface area (Å²) in [5.74, 6) is 0.0251. The smallest absolute Gasteiger partial charge is 0.255 e. The third-order valence-electron chi connectivity index (χ3n) is 3.62. The molecule has 4 nitrogen and oxygen atoms in total. The van der Waals surface area contributed by atoms with Crippen molar-refractivity contribution < 1.29 is 9.59 Å². The lowest BCUT2D eigenvalue weighted by molar-refractivity contribution is -0.117. The standard InChI is InChI=1S/C17H15IN2O2/c18-13-5-3-12(4-6-13)17(22)19-14-7-9-15(10-8-14)20-11-1-2-16(20)21/h3-10H,1-2,11H2,(H,19,22). The molecule has 0 spiro atoms. The van der Waals surface area contributed by atoms with Crippen LogP contribution in [-0.4, -0.2) is 18.4 Å². The summed E-state index contributed by atoms with van der Waals surface area (Å²) < 4.78 is 1.09. The van der Waals surface area contributed by atoms with Crippen LogP contribution in [0.2, 0.25) is 0 Å². The van der Waals surface area contributed by atoms with E-state index >= 15 is 0 Å². The number of nitrogens with zero attached hydrogens (tertiary/aromatic N) is 1. The minimum atomic E-state index is -0.138. The number of hydrogen-bond donors (Lipinski definition) is 1. The van der Waals surface area contributed by atoms with E-state index in [-0.39, 0.29) is 11.8 Å². The molecule has 0 saturated carbocycles. The Morgan fingerprint density at radius 3 is 2.32 bits per heavy atom. The van der Waals surface area contributed by atoms with Gasteiger partial charge in [0, 0.05) is 33.5 Å².